The number of rotatable bonds is 5. The molecule has 8 nitrogen and oxygen atoms in total. The summed E-state index contributed by atoms with van der Waals surface area (Å²) < 4.78 is 0. The van der Waals surface area contributed by atoms with Gasteiger partial charge in [0.15, 0.2) is 0 Å². The first-order valence-corrected chi connectivity index (χ1v) is 11.6. The van der Waals surface area contributed by atoms with Crippen molar-refractivity contribution < 1.29 is 14.4 Å². The Morgan fingerprint density at radius 3 is 2.50 bits per heavy atom. The number of fused-ring (bicyclic) bond motifs is 1. The van der Waals surface area contributed by atoms with E-state index in [1.807, 2.05) is 21.9 Å². The summed E-state index contributed by atoms with van der Waals surface area (Å²) in [6.45, 7) is 8.24. The maximum atomic E-state index is 13.1. The lowest BCUT2D eigenvalue weighted by Crippen LogP contribution is -2.64. The second-order valence-electron chi connectivity index (χ2n) is 9.09. The Morgan fingerprint density at radius 1 is 1.12 bits per heavy atom. The minimum Gasteiger partial charge on any atom is -0.351 e. The second-order valence-corrected chi connectivity index (χ2v) is 9.49. The summed E-state index contributed by atoms with van der Waals surface area (Å²) in [5.41, 5.74) is 2.67. The molecule has 3 aliphatic heterocycles. The third kappa shape index (κ3) is 4.09. The molecule has 0 aromatic heterocycles. The van der Waals surface area contributed by atoms with E-state index in [1.165, 1.54) is 6.08 Å². The summed E-state index contributed by atoms with van der Waals surface area (Å²) in [7, 11) is 0. The molecule has 0 spiro atoms. The Bertz CT molecular complexity index is 965. The van der Waals surface area contributed by atoms with Crippen LogP contribution in [0.2, 0.25) is 5.02 Å². The number of hydrogen-bond acceptors (Lipinski definition) is 5. The molecule has 1 aromatic rings. The van der Waals surface area contributed by atoms with Gasteiger partial charge in [0.1, 0.15) is 0 Å². The minimum absolute atomic E-state index is 0.0213. The fraction of sp³-hybridized carbons (Fsp3) is 0.522. The number of benzene rings is 1. The summed E-state index contributed by atoms with van der Waals surface area (Å²) in [6.07, 6.45) is 3.62. The lowest BCUT2D eigenvalue weighted by atomic mass is 10.1. The van der Waals surface area contributed by atoms with E-state index in [9.17, 15) is 14.4 Å². The van der Waals surface area contributed by atoms with Gasteiger partial charge in [0.25, 0.3) is 0 Å². The summed E-state index contributed by atoms with van der Waals surface area (Å²) in [5, 5.41) is 3.57. The molecule has 1 N–H and O–H groups in total. The zero-order valence-electron chi connectivity index (χ0n) is 18.1. The fourth-order valence-electron chi connectivity index (χ4n) is 4.83. The molecule has 32 heavy (non-hydrogen) atoms. The van der Waals surface area contributed by atoms with Crippen molar-refractivity contribution in [1.29, 1.82) is 0 Å². The monoisotopic (exact) mass is 457 g/mol. The van der Waals surface area contributed by atoms with Gasteiger partial charge in [-0.3, -0.25) is 19.3 Å². The number of hydrogen-bond donors (Lipinski definition) is 1. The number of piperazine rings is 1. The first kappa shape index (κ1) is 21.3. The average molecular weight is 458 g/mol. The number of likely N-dealkylation sites (tertiary alicyclic amines) is 1. The molecule has 2 saturated heterocycles. The van der Waals surface area contributed by atoms with Gasteiger partial charge < -0.3 is 20.0 Å². The molecular weight excluding hydrogens is 430 g/mol. The van der Waals surface area contributed by atoms with Crippen LogP contribution in [0.1, 0.15) is 24.3 Å². The number of carbonyl (C=O) groups is 3. The van der Waals surface area contributed by atoms with Crippen molar-refractivity contribution in [2.75, 3.05) is 62.6 Å². The second kappa shape index (κ2) is 8.41. The molecule has 4 aliphatic rings. The van der Waals surface area contributed by atoms with Crippen LogP contribution in [-0.4, -0.2) is 90.8 Å². The number of halogens is 1. The molecular formula is C23H28ClN5O3. The fourth-order valence-corrected chi connectivity index (χ4v) is 5.15. The van der Waals surface area contributed by atoms with Crippen LogP contribution in [0.3, 0.4) is 0 Å². The van der Waals surface area contributed by atoms with Crippen molar-refractivity contribution >= 4 is 40.7 Å². The summed E-state index contributed by atoms with van der Waals surface area (Å²) in [5.74, 6) is 0.367. The van der Waals surface area contributed by atoms with Gasteiger partial charge in [0.05, 0.1) is 24.5 Å². The highest BCUT2D eigenvalue weighted by atomic mass is 35.5. The average Bonchev–Trinajstić information content (AvgIpc) is 3.57. The van der Waals surface area contributed by atoms with E-state index in [0.29, 0.717) is 35.8 Å². The normalized spacial score (nSPS) is 21.7. The van der Waals surface area contributed by atoms with Gasteiger partial charge >= 0.3 is 0 Å². The van der Waals surface area contributed by atoms with E-state index in [0.717, 1.165) is 50.3 Å². The SMILES string of the molecule is C=CC(=O)N1CC(N2CCN(C(=O)CN3CC(=O)Nc4cc(Cl)c(C5CC5)cc43)CC2)C1. The molecule has 0 atom stereocenters. The van der Waals surface area contributed by atoms with Gasteiger partial charge in [0, 0.05) is 50.3 Å². The van der Waals surface area contributed by atoms with E-state index in [-0.39, 0.29) is 30.8 Å². The van der Waals surface area contributed by atoms with Crippen LogP contribution >= 0.6 is 11.6 Å². The largest absolute Gasteiger partial charge is 0.351 e. The van der Waals surface area contributed by atoms with E-state index in [1.54, 1.807) is 4.90 Å². The predicted molar refractivity (Wildman–Crippen MR) is 123 cm³/mol. The Hall–Kier alpha value is -2.58. The number of nitrogens with zero attached hydrogens (tertiary/aromatic N) is 4. The van der Waals surface area contributed by atoms with Gasteiger partial charge in [-0.1, -0.05) is 18.2 Å². The van der Waals surface area contributed by atoms with Crippen molar-refractivity contribution in [3.8, 4) is 0 Å². The third-order valence-electron chi connectivity index (χ3n) is 6.94. The summed E-state index contributed by atoms with van der Waals surface area (Å²) in [4.78, 5) is 44.8. The van der Waals surface area contributed by atoms with Gasteiger partial charge in [-0.05, 0) is 42.5 Å². The first-order valence-electron chi connectivity index (χ1n) is 11.2. The maximum Gasteiger partial charge on any atom is 0.246 e. The topological polar surface area (TPSA) is 76.2 Å². The van der Waals surface area contributed by atoms with Crippen LogP contribution in [0.5, 0.6) is 0 Å². The Kier molecular flexibility index (Phi) is 5.59. The smallest absolute Gasteiger partial charge is 0.246 e. The van der Waals surface area contributed by atoms with Crippen LogP contribution in [0, 0.1) is 0 Å². The van der Waals surface area contributed by atoms with Crippen LogP contribution in [0.25, 0.3) is 0 Å². The van der Waals surface area contributed by atoms with E-state index in [2.05, 4.69) is 16.8 Å². The number of nitrogens with one attached hydrogen (secondary N) is 1. The standard InChI is InChI=1S/C23H28ClN5O3/c1-2-22(31)29-11-16(12-29)26-5-7-27(8-6-26)23(32)14-28-13-21(30)25-19-10-18(24)17(9-20(19)28)15-3-4-15/h2,9-10,15-16H,1,3-8,11-14H2,(H,25,30). The molecule has 0 radical (unpaired) electrons. The lowest BCUT2D eigenvalue weighted by Gasteiger charge is -2.48. The van der Waals surface area contributed by atoms with Crippen molar-refractivity contribution in [3.05, 3.63) is 35.4 Å². The molecule has 3 fully saturated rings. The molecule has 1 saturated carbocycles. The van der Waals surface area contributed by atoms with Crippen molar-refractivity contribution in [2.24, 2.45) is 0 Å². The van der Waals surface area contributed by atoms with E-state index >= 15 is 0 Å². The molecule has 0 bridgehead atoms. The highest BCUT2D eigenvalue weighted by Gasteiger charge is 2.36. The molecule has 1 aromatic carbocycles. The molecule has 1 aliphatic carbocycles. The maximum absolute atomic E-state index is 13.1. The molecule has 9 heteroatoms. The van der Waals surface area contributed by atoms with Gasteiger partial charge in [-0.2, -0.15) is 0 Å². The van der Waals surface area contributed by atoms with Crippen LogP contribution in [0.4, 0.5) is 11.4 Å². The summed E-state index contributed by atoms with van der Waals surface area (Å²) in [6, 6.07) is 4.23. The highest BCUT2D eigenvalue weighted by Crippen LogP contribution is 2.46. The van der Waals surface area contributed by atoms with Crippen molar-refractivity contribution in [2.45, 2.75) is 24.8 Å². The van der Waals surface area contributed by atoms with E-state index in [4.69, 9.17) is 11.6 Å². The third-order valence-corrected chi connectivity index (χ3v) is 7.27. The Balaban J connectivity index is 1.19. The molecule has 170 valence electrons. The van der Waals surface area contributed by atoms with Gasteiger partial charge in [0.2, 0.25) is 17.7 Å². The van der Waals surface area contributed by atoms with Gasteiger partial charge in [-0.25, -0.2) is 0 Å². The number of amides is 3. The Labute approximate surface area is 192 Å². The zero-order valence-corrected chi connectivity index (χ0v) is 18.8. The lowest BCUT2D eigenvalue weighted by molar-refractivity contribution is -0.135. The van der Waals surface area contributed by atoms with E-state index < -0.39 is 0 Å². The van der Waals surface area contributed by atoms with Crippen LogP contribution in [0.15, 0.2) is 24.8 Å². The minimum atomic E-state index is -0.131. The molecule has 3 heterocycles. The quantitative estimate of drug-likeness (QED) is 0.678. The Morgan fingerprint density at radius 2 is 1.84 bits per heavy atom. The molecule has 0 unspecified atom stereocenters. The van der Waals surface area contributed by atoms with Crippen LogP contribution in [-0.2, 0) is 14.4 Å². The number of carbonyl (C=O) groups excluding carboxylic acids is 3. The van der Waals surface area contributed by atoms with Gasteiger partial charge in [-0.15, -0.1) is 0 Å². The molecule has 3 amide bonds. The predicted octanol–water partition coefficient (Wildman–Crippen LogP) is 1.52. The van der Waals surface area contributed by atoms with Crippen molar-refractivity contribution in [1.82, 2.24) is 14.7 Å². The number of anilines is 2. The first-order chi connectivity index (χ1) is 15.4. The molecule has 5 rings (SSSR count). The highest BCUT2D eigenvalue weighted by molar-refractivity contribution is 6.32. The summed E-state index contributed by atoms with van der Waals surface area (Å²) >= 11 is 6.43. The zero-order chi connectivity index (χ0) is 22.4. The van der Waals surface area contributed by atoms with Crippen LogP contribution < -0.4 is 10.2 Å². The van der Waals surface area contributed by atoms with Crippen molar-refractivity contribution in [3.63, 3.8) is 0 Å².